The molecular weight excluding hydrogens is 358 g/mol. The lowest BCUT2D eigenvalue weighted by Gasteiger charge is -2.21. The Morgan fingerprint density at radius 3 is 2.44 bits per heavy atom. The first-order valence-electron chi connectivity index (χ1n) is 8.27. The van der Waals surface area contributed by atoms with Crippen LogP contribution in [0.4, 0.5) is 0 Å². The van der Waals surface area contributed by atoms with Gasteiger partial charge < -0.3 is 10.0 Å². The highest BCUT2D eigenvalue weighted by Crippen LogP contribution is 2.18. The van der Waals surface area contributed by atoms with Crippen molar-refractivity contribution in [2.45, 2.75) is 32.6 Å². The predicted molar refractivity (Wildman–Crippen MR) is 102 cm³/mol. The number of aromatic carboxylic acids is 1. The molecule has 0 radical (unpaired) electrons. The molecular formula is C19H22ClNO3S. The number of hydrogen-bond donors (Lipinski definition) is 1. The minimum absolute atomic E-state index is 0.0727. The SMILES string of the molecule is CC(=O)N(CCCc1cccc(Cl)c1)CCCc1ccc(C(=O)O)s1. The van der Waals surface area contributed by atoms with Crippen molar-refractivity contribution in [1.82, 2.24) is 4.90 Å². The number of aryl methyl sites for hydroxylation is 2. The van der Waals surface area contributed by atoms with E-state index in [2.05, 4.69) is 0 Å². The summed E-state index contributed by atoms with van der Waals surface area (Å²) in [7, 11) is 0. The first-order valence-corrected chi connectivity index (χ1v) is 9.47. The second kappa shape index (κ2) is 9.59. The average Bonchev–Trinajstić information content (AvgIpc) is 3.02. The van der Waals surface area contributed by atoms with Gasteiger partial charge in [-0.05, 0) is 55.5 Å². The molecule has 1 aromatic carbocycles. The molecule has 2 rings (SSSR count). The van der Waals surface area contributed by atoms with E-state index >= 15 is 0 Å². The lowest BCUT2D eigenvalue weighted by molar-refractivity contribution is -0.129. The van der Waals surface area contributed by atoms with E-state index in [0.29, 0.717) is 18.0 Å². The molecule has 0 atom stereocenters. The number of benzene rings is 1. The molecule has 1 heterocycles. The molecule has 4 nitrogen and oxygen atoms in total. The van der Waals surface area contributed by atoms with E-state index < -0.39 is 5.97 Å². The van der Waals surface area contributed by atoms with Crippen LogP contribution in [0.25, 0.3) is 0 Å². The van der Waals surface area contributed by atoms with Crippen LogP contribution >= 0.6 is 22.9 Å². The summed E-state index contributed by atoms with van der Waals surface area (Å²) >= 11 is 7.29. The van der Waals surface area contributed by atoms with Crippen LogP contribution in [0.15, 0.2) is 36.4 Å². The molecule has 0 saturated carbocycles. The van der Waals surface area contributed by atoms with Gasteiger partial charge in [0, 0.05) is 29.9 Å². The molecule has 1 aromatic heterocycles. The highest BCUT2D eigenvalue weighted by atomic mass is 35.5. The van der Waals surface area contributed by atoms with Crippen molar-refractivity contribution in [1.29, 1.82) is 0 Å². The Morgan fingerprint density at radius 2 is 1.84 bits per heavy atom. The maximum absolute atomic E-state index is 11.8. The molecule has 0 fully saturated rings. The van der Waals surface area contributed by atoms with Crippen molar-refractivity contribution in [3.63, 3.8) is 0 Å². The zero-order valence-electron chi connectivity index (χ0n) is 14.2. The predicted octanol–water partition coefficient (Wildman–Crippen LogP) is 4.51. The molecule has 0 aliphatic carbocycles. The molecule has 0 saturated heterocycles. The molecule has 0 spiro atoms. The van der Waals surface area contributed by atoms with Gasteiger partial charge >= 0.3 is 5.97 Å². The number of carbonyl (C=O) groups excluding carboxylic acids is 1. The van der Waals surface area contributed by atoms with Crippen molar-refractivity contribution >= 4 is 34.8 Å². The Balaban J connectivity index is 1.76. The van der Waals surface area contributed by atoms with Crippen molar-refractivity contribution < 1.29 is 14.7 Å². The number of thiophene rings is 1. The van der Waals surface area contributed by atoms with E-state index in [0.717, 1.165) is 35.6 Å². The van der Waals surface area contributed by atoms with Crippen LogP contribution in [0.2, 0.25) is 5.02 Å². The highest BCUT2D eigenvalue weighted by Gasteiger charge is 2.10. The van der Waals surface area contributed by atoms with Crippen molar-refractivity contribution in [3.05, 3.63) is 56.7 Å². The lowest BCUT2D eigenvalue weighted by atomic mass is 10.1. The number of halogens is 1. The minimum atomic E-state index is -0.886. The van der Waals surface area contributed by atoms with Crippen LogP contribution in [-0.4, -0.2) is 35.0 Å². The topological polar surface area (TPSA) is 57.6 Å². The summed E-state index contributed by atoms with van der Waals surface area (Å²) in [5.41, 5.74) is 1.18. The number of hydrogen-bond acceptors (Lipinski definition) is 3. The summed E-state index contributed by atoms with van der Waals surface area (Å²) < 4.78 is 0. The standard InChI is InChI=1S/C19H22ClNO3S/c1-14(22)21(11-3-6-15-5-2-7-16(20)13-15)12-4-8-17-9-10-18(25-17)19(23)24/h2,5,7,9-10,13H,3-4,6,8,11-12H2,1H3,(H,23,24). The van der Waals surface area contributed by atoms with Crippen LogP contribution in [0.3, 0.4) is 0 Å². The smallest absolute Gasteiger partial charge is 0.345 e. The number of nitrogens with zero attached hydrogens (tertiary/aromatic N) is 1. The van der Waals surface area contributed by atoms with Gasteiger partial charge in [0.25, 0.3) is 0 Å². The number of carbonyl (C=O) groups is 2. The number of rotatable bonds is 9. The first kappa shape index (κ1) is 19.5. The maximum atomic E-state index is 11.8. The van der Waals surface area contributed by atoms with E-state index in [9.17, 15) is 9.59 Å². The third-order valence-electron chi connectivity index (χ3n) is 3.95. The summed E-state index contributed by atoms with van der Waals surface area (Å²) in [6.07, 6.45) is 3.39. The third kappa shape index (κ3) is 6.52. The van der Waals surface area contributed by atoms with Crippen LogP contribution in [0.1, 0.15) is 39.9 Å². The van der Waals surface area contributed by atoms with Gasteiger partial charge in [-0.2, -0.15) is 0 Å². The summed E-state index contributed by atoms with van der Waals surface area (Å²) in [5.74, 6) is -0.814. The zero-order chi connectivity index (χ0) is 18.2. The number of carboxylic acid groups (broad SMARTS) is 1. The van der Waals surface area contributed by atoms with Gasteiger partial charge in [0.1, 0.15) is 4.88 Å². The molecule has 0 aliphatic rings. The molecule has 6 heteroatoms. The van der Waals surface area contributed by atoms with Crippen LogP contribution in [0.5, 0.6) is 0 Å². The summed E-state index contributed by atoms with van der Waals surface area (Å²) in [6.45, 7) is 2.99. The second-order valence-corrected chi connectivity index (χ2v) is 7.52. The van der Waals surface area contributed by atoms with E-state index in [1.54, 1.807) is 13.0 Å². The van der Waals surface area contributed by atoms with Crippen molar-refractivity contribution in [2.24, 2.45) is 0 Å². The van der Waals surface area contributed by atoms with Gasteiger partial charge in [0.15, 0.2) is 0 Å². The van der Waals surface area contributed by atoms with Gasteiger partial charge in [-0.15, -0.1) is 11.3 Å². The number of carboxylic acids is 1. The van der Waals surface area contributed by atoms with Gasteiger partial charge in [-0.3, -0.25) is 4.79 Å². The fourth-order valence-corrected chi connectivity index (χ4v) is 3.77. The van der Waals surface area contributed by atoms with Gasteiger partial charge in [-0.1, -0.05) is 23.7 Å². The largest absolute Gasteiger partial charge is 0.477 e. The van der Waals surface area contributed by atoms with Gasteiger partial charge in [0.05, 0.1) is 0 Å². The molecule has 0 unspecified atom stereocenters. The zero-order valence-corrected chi connectivity index (χ0v) is 15.8. The average molecular weight is 380 g/mol. The van der Waals surface area contributed by atoms with E-state index in [1.165, 1.54) is 16.9 Å². The van der Waals surface area contributed by atoms with Crippen molar-refractivity contribution in [2.75, 3.05) is 13.1 Å². The van der Waals surface area contributed by atoms with E-state index in [4.69, 9.17) is 16.7 Å². The van der Waals surface area contributed by atoms with Gasteiger partial charge in [-0.25, -0.2) is 4.79 Å². The Hall–Kier alpha value is -1.85. The molecule has 1 N–H and O–H groups in total. The highest BCUT2D eigenvalue weighted by molar-refractivity contribution is 7.13. The monoisotopic (exact) mass is 379 g/mol. The fraction of sp³-hybridized carbons (Fsp3) is 0.368. The normalized spacial score (nSPS) is 10.6. The molecule has 25 heavy (non-hydrogen) atoms. The summed E-state index contributed by atoms with van der Waals surface area (Å²) in [6, 6.07) is 11.3. The van der Waals surface area contributed by atoms with Crippen LogP contribution in [0, 0.1) is 0 Å². The maximum Gasteiger partial charge on any atom is 0.345 e. The van der Waals surface area contributed by atoms with Crippen molar-refractivity contribution in [3.8, 4) is 0 Å². The Kier molecular flexibility index (Phi) is 7.47. The Labute approximate surface area is 157 Å². The summed E-state index contributed by atoms with van der Waals surface area (Å²) in [5, 5.41) is 9.68. The number of amides is 1. The Morgan fingerprint density at radius 1 is 1.12 bits per heavy atom. The van der Waals surface area contributed by atoms with E-state index in [1.807, 2.05) is 35.2 Å². The fourth-order valence-electron chi connectivity index (χ4n) is 2.66. The second-order valence-electron chi connectivity index (χ2n) is 5.91. The molecule has 1 amide bonds. The molecule has 134 valence electrons. The Bertz CT molecular complexity index is 729. The molecule has 2 aromatic rings. The van der Waals surface area contributed by atoms with Crippen LogP contribution < -0.4 is 0 Å². The third-order valence-corrected chi connectivity index (χ3v) is 5.32. The molecule has 0 bridgehead atoms. The quantitative estimate of drug-likeness (QED) is 0.697. The van der Waals surface area contributed by atoms with Crippen LogP contribution in [-0.2, 0) is 17.6 Å². The molecule has 0 aliphatic heterocycles. The summed E-state index contributed by atoms with van der Waals surface area (Å²) in [4.78, 5) is 26.0. The lowest BCUT2D eigenvalue weighted by Crippen LogP contribution is -2.31. The van der Waals surface area contributed by atoms with E-state index in [-0.39, 0.29) is 5.91 Å². The minimum Gasteiger partial charge on any atom is -0.477 e. The first-order chi connectivity index (χ1) is 12.0. The van der Waals surface area contributed by atoms with Gasteiger partial charge in [0.2, 0.25) is 5.91 Å².